The van der Waals surface area contributed by atoms with E-state index in [-0.39, 0.29) is 5.56 Å². The molecule has 0 bridgehead atoms. The Morgan fingerprint density at radius 1 is 1.64 bits per heavy atom. The summed E-state index contributed by atoms with van der Waals surface area (Å²) < 4.78 is 13.3. The zero-order valence-corrected chi connectivity index (χ0v) is 8.18. The molecule has 0 amide bonds. The fraction of sp³-hybridized carbons (Fsp3) is 0.222. The van der Waals surface area contributed by atoms with Gasteiger partial charge in [-0.05, 0) is 19.1 Å². The van der Waals surface area contributed by atoms with Gasteiger partial charge in [-0.1, -0.05) is 11.6 Å². The number of ketones is 1. The second-order valence-corrected chi connectivity index (χ2v) is 3.29. The minimum Gasteiger partial charge on any atom is -0.506 e. The zero-order valence-electron chi connectivity index (χ0n) is 7.42. The second kappa shape index (κ2) is 3.94. The molecule has 0 aliphatic rings. The van der Waals surface area contributed by atoms with Crippen LogP contribution in [0.3, 0.4) is 0 Å². The smallest absolute Gasteiger partial charge is 0.182 e. The average Bonchev–Trinajstić information content (AvgIpc) is 2.13. The quantitative estimate of drug-likeness (QED) is 0.742. The highest BCUT2D eigenvalue weighted by molar-refractivity contribution is 6.32. The van der Waals surface area contributed by atoms with Gasteiger partial charge in [0.1, 0.15) is 10.8 Å². The number of rotatable bonds is 2. The molecule has 1 aromatic rings. The van der Waals surface area contributed by atoms with Crippen molar-refractivity contribution in [3.8, 4) is 5.75 Å². The Bertz CT molecular complexity index is 379. The number of nitrogens with two attached hydrogens (primary N) is 1. The molecule has 0 saturated carbocycles. The van der Waals surface area contributed by atoms with Gasteiger partial charge in [-0.25, -0.2) is 4.39 Å². The summed E-state index contributed by atoms with van der Waals surface area (Å²) in [7, 11) is 0. The van der Waals surface area contributed by atoms with Crippen molar-refractivity contribution in [2.45, 2.75) is 13.0 Å². The van der Waals surface area contributed by atoms with Crippen LogP contribution in [0.1, 0.15) is 17.3 Å². The van der Waals surface area contributed by atoms with Crippen molar-refractivity contribution in [2.24, 2.45) is 5.73 Å². The molecule has 5 heteroatoms. The molecule has 0 aliphatic carbocycles. The van der Waals surface area contributed by atoms with Crippen LogP contribution >= 0.6 is 11.6 Å². The Morgan fingerprint density at radius 3 is 2.71 bits per heavy atom. The highest BCUT2D eigenvalue weighted by Crippen LogP contribution is 2.28. The Hall–Kier alpha value is -1.13. The molecule has 0 heterocycles. The lowest BCUT2D eigenvalue weighted by Crippen LogP contribution is -2.27. The minimum atomic E-state index is -0.936. The highest BCUT2D eigenvalue weighted by Gasteiger charge is 2.19. The van der Waals surface area contributed by atoms with E-state index in [4.69, 9.17) is 22.4 Å². The highest BCUT2D eigenvalue weighted by atomic mass is 35.5. The van der Waals surface area contributed by atoms with E-state index in [1.165, 1.54) is 6.92 Å². The molecular formula is C9H9ClFNO2. The minimum absolute atomic E-state index is 0.206. The molecule has 0 saturated heterocycles. The first-order valence-corrected chi connectivity index (χ1v) is 4.29. The van der Waals surface area contributed by atoms with E-state index in [0.29, 0.717) is 0 Å². The van der Waals surface area contributed by atoms with Crippen LogP contribution in [0.4, 0.5) is 4.39 Å². The number of phenols is 1. The summed E-state index contributed by atoms with van der Waals surface area (Å²) in [6.45, 7) is 1.45. The van der Waals surface area contributed by atoms with E-state index >= 15 is 0 Å². The van der Waals surface area contributed by atoms with Gasteiger partial charge in [0.2, 0.25) is 0 Å². The van der Waals surface area contributed by atoms with Crippen molar-refractivity contribution >= 4 is 17.4 Å². The molecular weight excluding hydrogens is 209 g/mol. The Labute approximate surface area is 85.3 Å². The van der Waals surface area contributed by atoms with Crippen LogP contribution in [0.5, 0.6) is 5.75 Å². The van der Waals surface area contributed by atoms with Gasteiger partial charge < -0.3 is 10.8 Å². The fourth-order valence-corrected chi connectivity index (χ4v) is 1.14. The molecule has 3 N–H and O–H groups in total. The number of benzene rings is 1. The summed E-state index contributed by atoms with van der Waals surface area (Å²) in [5.41, 5.74) is 5.10. The summed E-state index contributed by atoms with van der Waals surface area (Å²) in [6.07, 6.45) is 0. The molecule has 0 spiro atoms. The van der Waals surface area contributed by atoms with E-state index in [9.17, 15) is 9.18 Å². The Morgan fingerprint density at radius 2 is 2.21 bits per heavy atom. The van der Waals surface area contributed by atoms with E-state index in [0.717, 1.165) is 12.1 Å². The van der Waals surface area contributed by atoms with Crippen molar-refractivity contribution in [2.75, 3.05) is 0 Å². The van der Waals surface area contributed by atoms with Crippen molar-refractivity contribution in [3.05, 3.63) is 28.5 Å². The lowest BCUT2D eigenvalue weighted by Gasteiger charge is -2.07. The van der Waals surface area contributed by atoms with Gasteiger partial charge in [0.25, 0.3) is 0 Å². The van der Waals surface area contributed by atoms with Crippen molar-refractivity contribution in [1.82, 2.24) is 0 Å². The maximum absolute atomic E-state index is 13.3. The molecule has 14 heavy (non-hydrogen) atoms. The number of Topliss-reactive ketones (excluding diaryl/α,β-unsaturated/α-hetero) is 1. The van der Waals surface area contributed by atoms with E-state index in [1.54, 1.807) is 0 Å². The molecule has 0 fully saturated rings. The second-order valence-electron chi connectivity index (χ2n) is 2.91. The standard InChI is InChI=1S/C9H9ClFNO2/c1-4(12)9(14)5-2-3-6(13)7(10)8(5)11/h2-4,13H,12H2,1H3. The van der Waals surface area contributed by atoms with Gasteiger partial charge >= 0.3 is 0 Å². The van der Waals surface area contributed by atoms with Crippen LogP contribution in [-0.4, -0.2) is 16.9 Å². The first kappa shape index (κ1) is 10.9. The van der Waals surface area contributed by atoms with Crippen molar-refractivity contribution < 1.29 is 14.3 Å². The third kappa shape index (κ3) is 1.86. The maximum Gasteiger partial charge on any atom is 0.182 e. The first-order valence-electron chi connectivity index (χ1n) is 3.92. The summed E-state index contributed by atoms with van der Waals surface area (Å²) in [5, 5.41) is 8.57. The monoisotopic (exact) mass is 217 g/mol. The van der Waals surface area contributed by atoms with Crippen LogP contribution in [0.25, 0.3) is 0 Å². The van der Waals surface area contributed by atoms with Crippen LogP contribution in [0.15, 0.2) is 12.1 Å². The van der Waals surface area contributed by atoms with Gasteiger partial charge in [0, 0.05) is 0 Å². The summed E-state index contributed by atoms with van der Waals surface area (Å²) in [6, 6.07) is 1.51. The Balaban J connectivity index is 3.24. The predicted octanol–water partition coefficient (Wildman–Crippen LogP) is 1.71. The molecule has 0 aromatic heterocycles. The number of aromatic hydroxyl groups is 1. The third-order valence-electron chi connectivity index (χ3n) is 1.74. The number of hydrogen-bond donors (Lipinski definition) is 2. The summed E-state index contributed by atoms with van der Waals surface area (Å²) >= 11 is 5.41. The van der Waals surface area contributed by atoms with Crippen LogP contribution in [-0.2, 0) is 0 Å². The number of carbonyl (C=O) groups is 1. The molecule has 0 aliphatic heterocycles. The maximum atomic E-state index is 13.3. The van der Waals surface area contributed by atoms with Gasteiger partial charge in [-0.15, -0.1) is 0 Å². The SMILES string of the molecule is CC(N)C(=O)c1ccc(O)c(Cl)c1F. The van der Waals surface area contributed by atoms with Crippen LogP contribution in [0, 0.1) is 5.82 Å². The van der Waals surface area contributed by atoms with Gasteiger partial charge in [-0.2, -0.15) is 0 Å². The first-order chi connectivity index (χ1) is 6.45. The fourth-order valence-electron chi connectivity index (χ4n) is 0.975. The summed E-state index contributed by atoms with van der Waals surface area (Å²) in [5.74, 6) is -1.89. The number of hydrogen-bond acceptors (Lipinski definition) is 3. The molecule has 76 valence electrons. The lowest BCUT2D eigenvalue weighted by atomic mass is 10.1. The predicted molar refractivity (Wildman–Crippen MR) is 51.1 cm³/mol. The van der Waals surface area contributed by atoms with Crippen molar-refractivity contribution in [3.63, 3.8) is 0 Å². The van der Waals surface area contributed by atoms with Crippen LogP contribution in [0.2, 0.25) is 5.02 Å². The molecule has 1 aromatic carbocycles. The third-order valence-corrected chi connectivity index (χ3v) is 2.10. The topological polar surface area (TPSA) is 63.3 Å². The van der Waals surface area contributed by atoms with Gasteiger partial charge in [0.05, 0.1) is 11.6 Å². The normalized spacial score (nSPS) is 12.6. The number of carbonyl (C=O) groups excluding carboxylic acids is 1. The molecule has 3 nitrogen and oxygen atoms in total. The molecule has 1 rings (SSSR count). The average molecular weight is 218 g/mol. The molecule has 1 atom stereocenters. The van der Waals surface area contributed by atoms with Crippen molar-refractivity contribution in [1.29, 1.82) is 0 Å². The van der Waals surface area contributed by atoms with E-state index in [2.05, 4.69) is 0 Å². The largest absolute Gasteiger partial charge is 0.506 e. The van der Waals surface area contributed by atoms with E-state index < -0.39 is 28.4 Å². The number of phenolic OH excluding ortho intramolecular Hbond substituents is 1. The molecule has 0 radical (unpaired) electrons. The van der Waals surface area contributed by atoms with E-state index in [1.807, 2.05) is 0 Å². The number of halogens is 2. The molecule has 1 unspecified atom stereocenters. The lowest BCUT2D eigenvalue weighted by molar-refractivity contribution is 0.0964. The van der Waals surface area contributed by atoms with Crippen LogP contribution < -0.4 is 5.73 Å². The zero-order chi connectivity index (χ0) is 10.9. The van der Waals surface area contributed by atoms with Gasteiger partial charge in [0.15, 0.2) is 11.6 Å². The van der Waals surface area contributed by atoms with Gasteiger partial charge in [-0.3, -0.25) is 4.79 Å². The Kier molecular flexibility index (Phi) is 3.08. The summed E-state index contributed by atoms with van der Waals surface area (Å²) in [4.78, 5) is 11.3.